The van der Waals surface area contributed by atoms with Gasteiger partial charge in [0.15, 0.2) is 0 Å². The number of hydrogen-bond acceptors (Lipinski definition) is 0. The van der Waals surface area contributed by atoms with Crippen LogP contribution in [-0.2, 0) is 0 Å². The summed E-state index contributed by atoms with van der Waals surface area (Å²) in [6.45, 7) is 0. The molecule has 0 aromatic carbocycles. The zero-order chi connectivity index (χ0) is 5.66. The van der Waals surface area contributed by atoms with Crippen molar-refractivity contribution in [2.24, 2.45) is 0 Å². The lowest BCUT2D eigenvalue weighted by Gasteiger charge is -1.86. The molecule has 1 aliphatic carbocycles. The maximum atomic E-state index is 2.94. The van der Waals surface area contributed by atoms with Gasteiger partial charge >= 0.3 is 0 Å². The van der Waals surface area contributed by atoms with Gasteiger partial charge in [-0.2, -0.15) is 30.4 Å². The molecule has 0 aliphatic heterocycles. The normalized spacial score (nSPS) is 16.0. The first-order valence-corrected chi connectivity index (χ1v) is 2.58. The third kappa shape index (κ3) is 1.61. The van der Waals surface area contributed by atoms with Crippen molar-refractivity contribution in [1.82, 2.24) is 0 Å². The van der Waals surface area contributed by atoms with E-state index in [9.17, 15) is 0 Å². The van der Waals surface area contributed by atoms with Crippen molar-refractivity contribution >= 4 is 0 Å². The molecule has 0 fully saturated rings. The first-order chi connectivity index (χ1) is 4.00. The van der Waals surface area contributed by atoms with Crippen molar-refractivity contribution < 1.29 is 0 Å². The molecule has 0 saturated heterocycles. The van der Waals surface area contributed by atoms with Gasteiger partial charge in [0.05, 0.1) is 0 Å². The molecule has 40 valence electrons. The Kier molecular flexibility index (Phi) is 1.93. The Labute approximate surface area is 49.5 Å². The van der Waals surface area contributed by atoms with E-state index < -0.39 is 0 Å². The molecule has 0 heteroatoms. The van der Waals surface area contributed by atoms with Gasteiger partial charge in [-0.15, -0.1) is 12.2 Å². The molecule has 0 radical (unpaired) electrons. The van der Waals surface area contributed by atoms with Crippen LogP contribution in [0.2, 0.25) is 0 Å². The Morgan fingerprint density at radius 3 is 2.50 bits per heavy atom. The summed E-state index contributed by atoms with van der Waals surface area (Å²) in [6.07, 6.45) is 16.5. The van der Waals surface area contributed by atoms with Crippen molar-refractivity contribution in [1.29, 1.82) is 0 Å². The maximum Gasteiger partial charge on any atom is -0.0865 e. The van der Waals surface area contributed by atoms with Crippen LogP contribution in [0.4, 0.5) is 0 Å². The minimum atomic E-state index is 1.88. The Hall–Kier alpha value is -1.04. The summed E-state index contributed by atoms with van der Waals surface area (Å²) in [4.78, 5) is 0. The summed E-state index contributed by atoms with van der Waals surface area (Å²) in [6, 6.07) is 0. The van der Waals surface area contributed by atoms with E-state index in [0.29, 0.717) is 0 Å². The highest BCUT2D eigenvalue weighted by Gasteiger charge is 1.57. The molecule has 0 nitrogen and oxygen atoms in total. The molecule has 0 aromatic rings. The lowest BCUT2D eigenvalue weighted by molar-refractivity contribution is 1.76. The lowest BCUT2D eigenvalue weighted by Crippen LogP contribution is -1.56. The van der Waals surface area contributed by atoms with Gasteiger partial charge in [-0.05, 0) is 0 Å². The minimum absolute atomic E-state index is 1.88. The van der Waals surface area contributed by atoms with E-state index in [2.05, 4.69) is 6.08 Å². The summed E-state index contributed by atoms with van der Waals surface area (Å²) < 4.78 is 0. The lowest BCUT2D eigenvalue weighted by atomic mass is 10.3. The van der Waals surface area contributed by atoms with Crippen LogP contribution in [0.15, 0.2) is 42.5 Å². The predicted octanol–water partition coefficient (Wildman–Crippen LogP) is 2.03. The molecule has 0 aromatic heterocycles. The van der Waals surface area contributed by atoms with E-state index >= 15 is 0 Å². The number of allylic oxidation sites excluding steroid dienone is 8. The zero-order valence-corrected chi connectivity index (χ0v) is 4.54. The SMILES string of the molecule is [C-]1=CC=CC=CC=C1. The van der Waals surface area contributed by atoms with Crippen LogP contribution in [0, 0.1) is 6.08 Å². The Morgan fingerprint density at radius 1 is 0.750 bits per heavy atom. The standard InChI is InChI=1S/C8H7/c1-2-4-6-8-7-5-3-1/h1-7H/q-1. The molecule has 0 atom stereocenters. The van der Waals surface area contributed by atoms with E-state index in [-0.39, 0.29) is 0 Å². The number of rotatable bonds is 0. The molecule has 1 aliphatic rings. The van der Waals surface area contributed by atoms with Crippen molar-refractivity contribution in [2.75, 3.05) is 0 Å². The van der Waals surface area contributed by atoms with Crippen LogP contribution in [0.3, 0.4) is 0 Å². The summed E-state index contributed by atoms with van der Waals surface area (Å²) in [7, 11) is 0. The van der Waals surface area contributed by atoms with Gasteiger partial charge in [-0.1, -0.05) is 6.08 Å². The topological polar surface area (TPSA) is 0 Å². The molecule has 0 heterocycles. The van der Waals surface area contributed by atoms with Gasteiger partial charge in [-0.3, -0.25) is 0 Å². The molecule has 0 unspecified atom stereocenters. The summed E-state index contributed by atoms with van der Waals surface area (Å²) in [5.41, 5.74) is 0. The molecule has 0 N–H and O–H groups in total. The van der Waals surface area contributed by atoms with Crippen LogP contribution >= 0.6 is 0 Å². The second-order valence-corrected chi connectivity index (χ2v) is 1.46. The zero-order valence-electron chi connectivity index (χ0n) is 4.54. The fourth-order valence-electron chi connectivity index (χ4n) is 0.470. The molecule has 1 rings (SSSR count). The molecular formula is C8H7-. The Morgan fingerprint density at radius 2 is 1.50 bits per heavy atom. The van der Waals surface area contributed by atoms with Crippen LogP contribution in [0.1, 0.15) is 0 Å². The molecule has 0 spiro atoms. The van der Waals surface area contributed by atoms with E-state index in [1.165, 1.54) is 0 Å². The second kappa shape index (κ2) is 3.03. The van der Waals surface area contributed by atoms with Crippen LogP contribution < -0.4 is 0 Å². The smallest absolute Gasteiger partial charge is 0.0865 e. The molecule has 0 amide bonds. The largest absolute Gasteiger partial charge is 0.184 e. The average Bonchev–Trinajstić information content (AvgIpc) is 1.62. The van der Waals surface area contributed by atoms with Crippen molar-refractivity contribution in [3.05, 3.63) is 48.6 Å². The molecule has 0 bridgehead atoms. The fraction of sp³-hybridized carbons (Fsp3) is 0. The van der Waals surface area contributed by atoms with Crippen LogP contribution in [0.25, 0.3) is 0 Å². The van der Waals surface area contributed by atoms with E-state index in [0.717, 1.165) is 0 Å². The Bertz CT molecular complexity index is 101. The molecule has 0 saturated carbocycles. The van der Waals surface area contributed by atoms with E-state index in [1.54, 1.807) is 0 Å². The van der Waals surface area contributed by atoms with E-state index in [1.807, 2.05) is 42.5 Å². The fourth-order valence-corrected chi connectivity index (χ4v) is 0.470. The summed E-state index contributed by atoms with van der Waals surface area (Å²) in [5.74, 6) is 0. The highest BCUT2D eigenvalue weighted by atomic mass is 13.7. The maximum absolute atomic E-state index is 2.94. The van der Waals surface area contributed by atoms with Gasteiger partial charge in [0.25, 0.3) is 0 Å². The monoisotopic (exact) mass is 103 g/mol. The van der Waals surface area contributed by atoms with Crippen molar-refractivity contribution in [2.45, 2.75) is 0 Å². The highest BCUT2D eigenvalue weighted by Crippen LogP contribution is 1.86. The van der Waals surface area contributed by atoms with Crippen molar-refractivity contribution in [3.8, 4) is 0 Å². The first kappa shape index (κ1) is 5.10. The highest BCUT2D eigenvalue weighted by molar-refractivity contribution is 5.20. The minimum Gasteiger partial charge on any atom is -0.184 e. The second-order valence-electron chi connectivity index (χ2n) is 1.46. The first-order valence-electron chi connectivity index (χ1n) is 2.58. The van der Waals surface area contributed by atoms with E-state index in [4.69, 9.17) is 0 Å². The average molecular weight is 103 g/mol. The van der Waals surface area contributed by atoms with Crippen LogP contribution in [0.5, 0.6) is 0 Å². The van der Waals surface area contributed by atoms with Gasteiger partial charge in [-0.25, -0.2) is 0 Å². The molecular weight excluding hydrogens is 96.1 g/mol. The molecule has 8 heavy (non-hydrogen) atoms. The van der Waals surface area contributed by atoms with Gasteiger partial charge in [0.2, 0.25) is 0 Å². The van der Waals surface area contributed by atoms with Gasteiger partial charge < -0.3 is 0 Å². The number of hydrogen-bond donors (Lipinski definition) is 0. The van der Waals surface area contributed by atoms with Crippen LogP contribution in [-0.4, -0.2) is 0 Å². The Balaban J connectivity index is 2.67. The van der Waals surface area contributed by atoms with Gasteiger partial charge in [0, 0.05) is 0 Å². The van der Waals surface area contributed by atoms with Crippen molar-refractivity contribution in [3.63, 3.8) is 0 Å². The third-order valence-corrected chi connectivity index (χ3v) is 0.829. The van der Waals surface area contributed by atoms with Gasteiger partial charge in [0.1, 0.15) is 0 Å². The summed E-state index contributed by atoms with van der Waals surface area (Å²) >= 11 is 0. The predicted molar refractivity (Wildman–Crippen MR) is 35.2 cm³/mol. The quantitative estimate of drug-likeness (QED) is 0.411. The summed E-state index contributed by atoms with van der Waals surface area (Å²) in [5, 5.41) is 0. The third-order valence-electron chi connectivity index (χ3n) is 0.829.